The van der Waals surface area contributed by atoms with Gasteiger partial charge in [0.15, 0.2) is 0 Å². The van der Waals surface area contributed by atoms with E-state index in [9.17, 15) is 0 Å². The molecule has 7 heteroatoms. The molecule has 0 amide bonds. The molecule has 1 fully saturated rings. The van der Waals surface area contributed by atoms with E-state index in [1.54, 1.807) is 6.20 Å². The Bertz CT molecular complexity index is 1310. The second-order valence-corrected chi connectivity index (χ2v) is 11.4. The average molecular weight is 527 g/mol. The number of aromatic nitrogens is 4. The van der Waals surface area contributed by atoms with Gasteiger partial charge in [0.05, 0.1) is 5.52 Å². The van der Waals surface area contributed by atoms with Crippen LogP contribution in [-0.4, -0.2) is 25.1 Å². The van der Waals surface area contributed by atoms with E-state index in [-0.39, 0.29) is 5.54 Å². The minimum absolute atomic E-state index is 0.0136. The number of aryl methyl sites for hydroxylation is 1. The molecule has 5 rings (SSSR count). The molecule has 1 saturated carbocycles. The summed E-state index contributed by atoms with van der Waals surface area (Å²) in [6.45, 7) is 6.45. The topological polar surface area (TPSA) is 55.6 Å². The fourth-order valence-electron chi connectivity index (χ4n) is 4.97. The van der Waals surface area contributed by atoms with E-state index in [2.05, 4.69) is 93.1 Å². The molecule has 0 bridgehead atoms. The van der Waals surface area contributed by atoms with Gasteiger partial charge in [-0.3, -0.25) is 0 Å². The first-order chi connectivity index (χ1) is 15.7. The number of nitrogens with zero attached hydrogens (tertiary/aromatic N) is 4. The lowest BCUT2D eigenvalue weighted by Crippen LogP contribution is -2.26. The van der Waals surface area contributed by atoms with Gasteiger partial charge in [-0.05, 0) is 106 Å². The summed E-state index contributed by atoms with van der Waals surface area (Å²) in [5, 5.41) is 6.00. The third-order valence-electron chi connectivity index (χ3n) is 6.52. The molecule has 172 valence electrons. The molecule has 1 aromatic carbocycles. The number of fused-ring (bicyclic) bond motifs is 2. The highest BCUT2D eigenvalue weighted by Gasteiger charge is 2.27. The molecule has 1 aliphatic rings. The Kier molecular flexibility index (Phi) is 6.08. The smallest absolute Gasteiger partial charge is 0.224 e. The third kappa shape index (κ3) is 5.02. The van der Waals surface area contributed by atoms with Crippen molar-refractivity contribution in [1.82, 2.24) is 19.5 Å². The van der Waals surface area contributed by atoms with Crippen LogP contribution < -0.4 is 5.32 Å². The van der Waals surface area contributed by atoms with Crippen molar-refractivity contribution in [1.29, 1.82) is 0 Å². The van der Waals surface area contributed by atoms with Gasteiger partial charge in [-0.2, -0.15) is 4.98 Å². The van der Waals surface area contributed by atoms with Crippen molar-refractivity contribution in [3.05, 3.63) is 58.0 Å². The van der Waals surface area contributed by atoms with E-state index in [1.165, 1.54) is 35.7 Å². The quantitative estimate of drug-likeness (QED) is 0.272. The number of pyridine rings is 1. The summed E-state index contributed by atoms with van der Waals surface area (Å²) in [5.41, 5.74) is 3.31. The molecule has 4 aromatic rings. The number of halogens is 2. The molecule has 33 heavy (non-hydrogen) atoms. The Morgan fingerprint density at radius 1 is 1.12 bits per heavy atom. The van der Waals surface area contributed by atoms with Crippen LogP contribution in [0.15, 0.2) is 47.2 Å². The third-order valence-corrected chi connectivity index (χ3v) is 7.44. The summed E-state index contributed by atoms with van der Waals surface area (Å²) in [6.07, 6.45) is 9.76. The lowest BCUT2D eigenvalue weighted by Gasteiger charge is -2.21. The summed E-state index contributed by atoms with van der Waals surface area (Å²) in [7, 11) is 0. The van der Waals surface area contributed by atoms with Crippen molar-refractivity contribution in [2.75, 3.05) is 5.32 Å². The van der Waals surface area contributed by atoms with Gasteiger partial charge < -0.3 is 9.88 Å². The van der Waals surface area contributed by atoms with Gasteiger partial charge in [0.1, 0.15) is 11.5 Å². The lowest BCUT2D eigenvalue weighted by atomic mass is 9.97. The zero-order valence-corrected chi connectivity index (χ0v) is 21.6. The SMILES string of the molecule is CC(C)(C)Nc1ccc2cc(Br)c(CCC3CCC(n4ccc5cnc(Cl)nc54)C3)cc2n1. The highest BCUT2D eigenvalue weighted by molar-refractivity contribution is 9.10. The predicted molar refractivity (Wildman–Crippen MR) is 140 cm³/mol. The van der Waals surface area contributed by atoms with Gasteiger partial charge in [-0.15, -0.1) is 0 Å². The summed E-state index contributed by atoms with van der Waals surface area (Å²) in [5.74, 6) is 1.62. The fraction of sp³-hybridized carbons (Fsp3) is 0.423. The largest absolute Gasteiger partial charge is 0.365 e. The van der Waals surface area contributed by atoms with Gasteiger partial charge in [-0.25, -0.2) is 9.97 Å². The number of rotatable bonds is 5. The predicted octanol–water partition coefficient (Wildman–Crippen LogP) is 7.58. The molecule has 0 radical (unpaired) electrons. The normalized spacial score (nSPS) is 18.9. The van der Waals surface area contributed by atoms with E-state index < -0.39 is 0 Å². The molecule has 0 aliphatic heterocycles. The van der Waals surface area contributed by atoms with Crippen LogP contribution in [0.25, 0.3) is 21.9 Å². The zero-order chi connectivity index (χ0) is 23.2. The highest BCUT2D eigenvalue weighted by Crippen LogP contribution is 2.39. The molecule has 2 unspecified atom stereocenters. The maximum atomic E-state index is 6.05. The first kappa shape index (κ1) is 22.6. The second-order valence-electron chi connectivity index (χ2n) is 10.2. The first-order valence-corrected chi connectivity index (χ1v) is 12.8. The maximum Gasteiger partial charge on any atom is 0.224 e. The Morgan fingerprint density at radius 2 is 1.97 bits per heavy atom. The Hall–Kier alpha value is -2.18. The Morgan fingerprint density at radius 3 is 2.79 bits per heavy atom. The molecule has 2 atom stereocenters. The minimum atomic E-state index is -0.0136. The van der Waals surface area contributed by atoms with E-state index in [0.29, 0.717) is 17.2 Å². The van der Waals surface area contributed by atoms with Crippen molar-refractivity contribution in [3.8, 4) is 0 Å². The molecular weight excluding hydrogens is 498 g/mol. The van der Waals surface area contributed by atoms with Gasteiger partial charge in [-0.1, -0.05) is 15.9 Å². The molecule has 3 heterocycles. The van der Waals surface area contributed by atoms with Crippen LogP contribution in [0, 0.1) is 5.92 Å². The van der Waals surface area contributed by atoms with Crippen LogP contribution in [-0.2, 0) is 6.42 Å². The summed E-state index contributed by atoms with van der Waals surface area (Å²) in [4.78, 5) is 13.4. The van der Waals surface area contributed by atoms with E-state index in [0.717, 1.165) is 34.2 Å². The van der Waals surface area contributed by atoms with Crippen LogP contribution >= 0.6 is 27.5 Å². The standard InChI is InChI=1S/C26H29BrClN5/c1-26(2,3)32-23-9-7-18-13-21(27)17(14-22(18)30-23)6-4-16-5-8-20(12-16)33-11-10-19-15-29-25(28)31-24(19)33/h7,9-11,13-16,20H,4-6,8,12H2,1-3H3,(H,30,32). The molecule has 3 aromatic heterocycles. The minimum Gasteiger partial charge on any atom is -0.365 e. The van der Waals surface area contributed by atoms with Crippen LogP contribution in [0.5, 0.6) is 0 Å². The van der Waals surface area contributed by atoms with Gasteiger partial charge in [0.2, 0.25) is 5.28 Å². The van der Waals surface area contributed by atoms with Gasteiger partial charge >= 0.3 is 0 Å². The van der Waals surface area contributed by atoms with Crippen LogP contribution in [0.2, 0.25) is 5.28 Å². The molecule has 0 saturated heterocycles. The summed E-state index contributed by atoms with van der Waals surface area (Å²) < 4.78 is 3.47. The molecular formula is C26H29BrClN5. The van der Waals surface area contributed by atoms with Crippen molar-refractivity contribution < 1.29 is 0 Å². The van der Waals surface area contributed by atoms with Crippen molar-refractivity contribution in [2.24, 2.45) is 5.92 Å². The van der Waals surface area contributed by atoms with Gasteiger partial charge in [0, 0.05) is 39.2 Å². The number of benzene rings is 1. The Balaban J connectivity index is 1.28. The van der Waals surface area contributed by atoms with E-state index in [1.807, 2.05) is 0 Å². The average Bonchev–Trinajstić information content (AvgIpc) is 3.37. The zero-order valence-electron chi connectivity index (χ0n) is 19.3. The number of anilines is 1. The van der Waals surface area contributed by atoms with Crippen LogP contribution in [0.1, 0.15) is 58.1 Å². The fourth-order valence-corrected chi connectivity index (χ4v) is 5.65. The Labute approximate surface area is 208 Å². The monoisotopic (exact) mass is 525 g/mol. The van der Waals surface area contributed by atoms with Gasteiger partial charge in [0.25, 0.3) is 0 Å². The maximum absolute atomic E-state index is 6.05. The highest BCUT2D eigenvalue weighted by atomic mass is 79.9. The van der Waals surface area contributed by atoms with E-state index >= 15 is 0 Å². The van der Waals surface area contributed by atoms with Crippen molar-refractivity contribution >= 4 is 55.3 Å². The van der Waals surface area contributed by atoms with E-state index in [4.69, 9.17) is 16.6 Å². The number of nitrogens with one attached hydrogen (secondary N) is 1. The molecule has 5 nitrogen and oxygen atoms in total. The summed E-state index contributed by atoms with van der Waals surface area (Å²) in [6, 6.07) is 11.2. The first-order valence-electron chi connectivity index (χ1n) is 11.6. The summed E-state index contributed by atoms with van der Waals surface area (Å²) >= 11 is 9.85. The van der Waals surface area contributed by atoms with Crippen molar-refractivity contribution in [3.63, 3.8) is 0 Å². The van der Waals surface area contributed by atoms with Crippen LogP contribution in [0.3, 0.4) is 0 Å². The van der Waals surface area contributed by atoms with Crippen molar-refractivity contribution in [2.45, 2.75) is 64.5 Å². The molecule has 1 aliphatic carbocycles. The van der Waals surface area contributed by atoms with Crippen LogP contribution in [0.4, 0.5) is 5.82 Å². The molecule has 1 N–H and O–H groups in total. The second kappa shape index (κ2) is 8.88. The lowest BCUT2D eigenvalue weighted by molar-refractivity contribution is 0.461. The number of hydrogen-bond donors (Lipinski definition) is 1. The number of hydrogen-bond acceptors (Lipinski definition) is 4. The molecule has 0 spiro atoms.